The molecule has 13 heavy (non-hydrogen) atoms. The molecule has 0 amide bonds. The van der Waals surface area contributed by atoms with Crippen molar-refractivity contribution in [2.75, 3.05) is 6.73 Å². The summed E-state index contributed by atoms with van der Waals surface area (Å²) in [5, 5.41) is 4.28. The number of hydrogen-bond acceptors (Lipinski definition) is 3. The molecule has 0 bridgehead atoms. The van der Waals surface area contributed by atoms with Crippen LogP contribution in [0.1, 0.15) is 0 Å². The van der Waals surface area contributed by atoms with E-state index in [0.29, 0.717) is 6.73 Å². The van der Waals surface area contributed by atoms with Crippen molar-refractivity contribution < 1.29 is 4.74 Å². The number of ether oxygens (including phenoxy) is 1. The predicted octanol–water partition coefficient (Wildman–Crippen LogP) is 1.06. The summed E-state index contributed by atoms with van der Waals surface area (Å²) in [5.41, 5.74) is 0. The Balaban J connectivity index is 2.48. The highest BCUT2D eigenvalue weighted by Gasteiger charge is 2.09. The fourth-order valence-corrected chi connectivity index (χ4v) is 2.27. The van der Waals surface area contributed by atoms with E-state index in [-0.39, 0.29) is 0 Å². The third-order valence-electron chi connectivity index (χ3n) is 2.12. The third kappa shape index (κ3) is 1.00. The zero-order valence-electron chi connectivity index (χ0n) is 6.86. The van der Waals surface area contributed by atoms with Crippen LogP contribution in [0.5, 0.6) is 5.75 Å². The highest BCUT2D eigenvalue weighted by atomic mass is 32.2. The molecule has 0 N–H and O–H groups in total. The minimum Gasteiger partial charge on any atom is -0.469 e. The number of thioether (sulfide) groups is 1. The fraction of sp³-hybridized carbons (Fsp3) is 0.100. The summed E-state index contributed by atoms with van der Waals surface area (Å²) < 4.78 is 5.34. The number of fused-ring (bicyclic) bond motifs is 3. The van der Waals surface area contributed by atoms with Crippen LogP contribution in [0, 0.1) is 0 Å². The molecule has 0 saturated heterocycles. The van der Waals surface area contributed by atoms with Crippen molar-refractivity contribution in [2.45, 2.75) is 4.90 Å². The Labute approximate surface area is 79.6 Å². The van der Waals surface area contributed by atoms with Gasteiger partial charge in [0.2, 0.25) is 0 Å². The smallest absolute Gasteiger partial charge is 0.180 e. The Morgan fingerprint density at radius 1 is 1.38 bits per heavy atom. The minimum absolute atomic E-state index is 0.466. The van der Waals surface area contributed by atoms with Gasteiger partial charge in [-0.15, -0.1) is 0 Å². The van der Waals surface area contributed by atoms with Crippen LogP contribution in [0.25, 0.3) is 6.08 Å². The van der Waals surface area contributed by atoms with Gasteiger partial charge in [-0.3, -0.25) is 0 Å². The number of nitrogens with zero attached hydrogens (tertiary/aromatic N) is 1. The van der Waals surface area contributed by atoms with Crippen LogP contribution in [0.3, 0.4) is 0 Å². The summed E-state index contributed by atoms with van der Waals surface area (Å²) in [6.45, 7) is 0.466. The summed E-state index contributed by atoms with van der Waals surface area (Å²) in [5.74, 6) is 0.908. The molecule has 2 aliphatic rings. The number of rotatable bonds is 0. The van der Waals surface area contributed by atoms with Gasteiger partial charge in [-0.2, -0.15) is 0 Å². The molecule has 2 aliphatic heterocycles. The average molecular weight is 189 g/mol. The van der Waals surface area contributed by atoms with E-state index in [4.69, 9.17) is 4.74 Å². The van der Waals surface area contributed by atoms with Crippen LogP contribution in [0.2, 0.25) is 0 Å². The second kappa shape index (κ2) is 2.64. The van der Waals surface area contributed by atoms with E-state index in [1.54, 1.807) is 11.8 Å². The first-order valence-electron chi connectivity index (χ1n) is 4.09. The Bertz CT molecular complexity index is 504. The van der Waals surface area contributed by atoms with Crippen molar-refractivity contribution in [1.82, 2.24) is 0 Å². The first-order chi connectivity index (χ1) is 6.45. The molecule has 0 saturated carbocycles. The number of allylic oxidation sites excluding steroid dienone is 1. The highest BCUT2D eigenvalue weighted by Crippen LogP contribution is 2.19. The van der Waals surface area contributed by atoms with Gasteiger partial charge in [-0.25, -0.2) is 4.99 Å². The summed E-state index contributed by atoms with van der Waals surface area (Å²) in [6.07, 6.45) is 4.13. The molecule has 0 aliphatic carbocycles. The summed E-state index contributed by atoms with van der Waals surface area (Å²) in [7, 11) is 0. The largest absolute Gasteiger partial charge is 0.469 e. The molecule has 0 spiro atoms. The molecule has 0 aromatic heterocycles. The van der Waals surface area contributed by atoms with E-state index >= 15 is 0 Å². The van der Waals surface area contributed by atoms with Crippen LogP contribution in [-0.4, -0.2) is 6.73 Å². The molecule has 2 nitrogen and oxygen atoms in total. The van der Waals surface area contributed by atoms with Crippen LogP contribution in [0.15, 0.2) is 33.5 Å². The second-order valence-corrected chi connectivity index (χ2v) is 3.82. The molecule has 1 aromatic rings. The minimum atomic E-state index is 0.466. The predicted molar refractivity (Wildman–Crippen MR) is 52.2 cm³/mol. The maximum atomic E-state index is 5.34. The lowest BCUT2D eigenvalue weighted by molar-refractivity contribution is 0.352. The van der Waals surface area contributed by atoms with E-state index in [1.165, 1.54) is 10.1 Å². The quantitative estimate of drug-likeness (QED) is 0.608. The monoisotopic (exact) mass is 189 g/mol. The van der Waals surface area contributed by atoms with Gasteiger partial charge in [-0.1, -0.05) is 23.9 Å². The van der Waals surface area contributed by atoms with Gasteiger partial charge in [0.05, 0.1) is 0 Å². The maximum absolute atomic E-state index is 5.34. The molecule has 1 aromatic carbocycles. The van der Waals surface area contributed by atoms with Gasteiger partial charge >= 0.3 is 0 Å². The number of hydrogen-bond donors (Lipinski definition) is 0. The summed E-state index contributed by atoms with van der Waals surface area (Å²) >= 11 is 1.73. The van der Waals surface area contributed by atoms with E-state index in [0.717, 1.165) is 11.1 Å². The molecule has 0 unspecified atom stereocenters. The fourth-order valence-electron chi connectivity index (χ4n) is 1.53. The highest BCUT2D eigenvalue weighted by molar-refractivity contribution is 8.02. The molecule has 3 heteroatoms. The van der Waals surface area contributed by atoms with Gasteiger partial charge < -0.3 is 4.74 Å². The second-order valence-electron chi connectivity index (χ2n) is 2.87. The zero-order valence-corrected chi connectivity index (χ0v) is 7.67. The van der Waals surface area contributed by atoms with E-state index in [1.807, 2.05) is 12.1 Å². The van der Waals surface area contributed by atoms with Crippen LogP contribution in [0.4, 0.5) is 0 Å². The van der Waals surface area contributed by atoms with Crippen LogP contribution < -0.4 is 15.3 Å². The number of benzene rings is 1. The maximum Gasteiger partial charge on any atom is 0.180 e. The van der Waals surface area contributed by atoms with Crippen molar-refractivity contribution in [2.24, 2.45) is 4.99 Å². The topological polar surface area (TPSA) is 21.6 Å². The molecule has 0 radical (unpaired) electrons. The lowest BCUT2D eigenvalue weighted by Crippen LogP contribution is -2.26. The molecular weight excluding hydrogens is 182 g/mol. The average Bonchev–Trinajstić information content (AvgIpc) is 2.65. The van der Waals surface area contributed by atoms with Gasteiger partial charge in [0.1, 0.15) is 11.1 Å². The van der Waals surface area contributed by atoms with Crippen molar-refractivity contribution in [3.63, 3.8) is 0 Å². The third-order valence-corrected chi connectivity index (χ3v) is 3.02. The molecule has 3 rings (SSSR count). The molecule has 2 heterocycles. The van der Waals surface area contributed by atoms with Gasteiger partial charge in [0, 0.05) is 10.1 Å². The lowest BCUT2D eigenvalue weighted by atomic mass is 10.2. The molecule has 0 fully saturated rings. The van der Waals surface area contributed by atoms with Gasteiger partial charge in [0.25, 0.3) is 0 Å². The SMILES string of the molecule is C1=CSc2ccc3c(c2=C1)=NCO3. The Kier molecular flexibility index (Phi) is 1.46. The Hall–Kier alpha value is -1.22. The van der Waals surface area contributed by atoms with E-state index in [9.17, 15) is 0 Å². The first kappa shape index (κ1) is 7.21. The standard InChI is InChI=1S/C10H7NOS/c1-2-7-9(13-5-1)4-3-8-10(7)11-6-12-8/h1-5H,6H2. The van der Waals surface area contributed by atoms with Crippen molar-refractivity contribution in [3.8, 4) is 5.75 Å². The Morgan fingerprint density at radius 3 is 3.38 bits per heavy atom. The van der Waals surface area contributed by atoms with E-state index < -0.39 is 0 Å². The zero-order chi connectivity index (χ0) is 8.67. The molecule has 64 valence electrons. The summed E-state index contributed by atoms with van der Waals surface area (Å²) in [6, 6.07) is 4.07. The Morgan fingerprint density at radius 2 is 2.38 bits per heavy atom. The molecular formula is C10H7NOS. The van der Waals surface area contributed by atoms with Gasteiger partial charge in [-0.05, 0) is 17.5 Å². The van der Waals surface area contributed by atoms with Crippen molar-refractivity contribution in [3.05, 3.63) is 34.2 Å². The normalized spacial score (nSPS) is 16.6. The van der Waals surface area contributed by atoms with Gasteiger partial charge in [0.15, 0.2) is 6.73 Å². The van der Waals surface area contributed by atoms with E-state index in [2.05, 4.69) is 22.5 Å². The first-order valence-corrected chi connectivity index (χ1v) is 4.97. The molecule has 0 atom stereocenters. The van der Waals surface area contributed by atoms with Crippen LogP contribution >= 0.6 is 11.8 Å². The lowest BCUT2D eigenvalue weighted by Gasteiger charge is -2.02. The summed E-state index contributed by atoms with van der Waals surface area (Å²) in [4.78, 5) is 5.57. The van der Waals surface area contributed by atoms with Crippen LogP contribution in [-0.2, 0) is 0 Å². The van der Waals surface area contributed by atoms with Crippen molar-refractivity contribution >= 4 is 17.8 Å². The van der Waals surface area contributed by atoms with Crippen molar-refractivity contribution in [1.29, 1.82) is 0 Å².